The zero-order valence-corrected chi connectivity index (χ0v) is 20.7. The Balaban J connectivity index is 1.46. The monoisotopic (exact) mass is 498 g/mol. The van der Waals surface area contributed by atoms with Crippen LogP contribution in [0.5, 0.6) is 5.75 Å². The zero-order valence-electron chi connectivity index (χ0n) is 20.7. The van der Waals surface area contributed by atoms with Crippen molar-refractivity contribution in [1.29, 1.82) is 0 Å². The summed E-state index contributed by atoms with van der Waals surface area (Å²) in [5, 5.41) is 0. The number of para-hydroxylation sites is 1. The summed E-state index contributed by atoms with van der Waals surface area (Å²) in [7, 11) is 0. The maximum atomic E-state index is 14.3. The zero-order chi connectivity index (χ0) is 25.8. The Morgan fingerprint density at radius 2 is 1.38 bits per heavy atom. The molecule has 190 valence electrons. The number of carbonyl (C=O) groups excluding carboxylic acids is 3. The van der Waals surface area contributed by atoms with Gasteiger partial charge in [0.25, 0.3) is 0 Å². The van der Waals surface area contributed by atoms with Crippen LogP contribution in [0, 0.1) is 5.92 Å². The van der Waals surface area contributed by atoms with Gasteiger partial charge in [-0.1, -0.05) is 78.9 Å². The summed E-state index contributed by atoms with van der Waals surface area (Å²) >= 11 is 0. The summed E-state index contributed by atoms with van der Waals surface area (Å²) in [6.07, 6.45) is 0.136. The number of piperidine rings is 1. The Labute approximate surface area is 216 Å². The van der Waals surface area contributed by atoms with Crippen molar-refractivity contribution >= 4 is 18.0 Å². The van der Waals surface area contributed by atoms with E-state index in [2.05, 4.69) is 0 Å². The Kier molecular flexibility index (Phi) is 7.21. The van der Waals surface area contributed by atoms with Gasteiger partial charge in [0.1, 0.15) is 11.8 Å². The molecule has 0 aromatic heterocycles. The smallest absolute Gasteiger partial charge is 0.415 e. The first-order chi connectivity index (χ1) is 18.1. The van der Waals surface area contributed by atoms with Crippen molar-refractivity contribution in [3.8, 4) is 5.75 Å². The van der Waals surface area contributed by atoms with E-state index in [1.807, 2.05) is 66.7 Å². The third-order valence-electron chi connectivity index (χ3n) is 7.14. The number of rotatable bonds is 6. The minimum Gasteiger partial charge on any atom is -0.464 e. The van der Waals surface area contributed by atoms with Crippen LogP contribution in [0.3, 0.4) is 0 Å². The number of likely N-dealkylation sites (tertiary alicyclic amines) is 2. The molecule has 2 bridgehead atoms. The maximum Gasteiger partial charge on any atom is 0.415 e. The predicted molar refractivity (Wildman–Crippen MR) is 138 cm³/mol. The molecule has 2 aliphatic heterocycles. The number of hydrogen-bond donors (Lipinski definition) is 0. The lowest BCUT2D eigenvalue weighted by molar-refractivity contribution is -0.159. The molecule has 3 atom stereocenters. The molecule has 0 radical (unpaired) electrons. The van der Waals surface area contributed by atoms with E-state index in [4.69, 9.17) is 9.47 Å². The highest BCUT2D eigenvalue weighted by atomic mass is 16.6. The molecule has 7 nitrogen and oxygen atoms in total. The highest BCUT2D eigenvalue weighted by molar-refractivity contribution is 5.92. The second-order valence-corrected chi connectivity index (χ2v) is 9.42. The Morgan fingerprint density at radius 3 is 1.95 bits per heavy atom. The number of ether oxygens (including phenoxy) is 2. The summed E-state index contributed by atoms with van der Waals surface area (Å²) in [5.41, 5.74) is 1.69. The van der Waals surface area contributed by atoms with Gasteiger partial charge in [0, 0.05) is 19.0 Å². The topological polar surface area (TPSA) is 76.2 Å². The van der Waals surface area contributed by atoms with Crippen molar-refractivity contribution in [2.24, 2.45) is 5.92 Å². The van der Waals surface area contributed by atoms with E-state index in [0.717, 1.165) is 11.1 Å². The first-order valence-electron chi connectivity index (χ1n) is 12.7. The van der Waals surface area contributed by atoms with Gasteiger partial charge in [-0.3, -0.25) is 4.79 Å². The van der Waals surface area contributed by atoms with Gasteiger partial charge in [-0.2, -0.15) is 0 Å². The third-order valence-corrected chi connectivity index (χ3v) is 7.14. The van der Waals surface area contributed by atoms with Crippen LogP contribution >= 0.6 is 0 Å². The van der Waals surface area contributed by atoms with Gasteiger partial charge in [-0.05, 0) is 36.6 Å². The fourth-order valence-corrected chi connectivity index (χ4v) is 5.53. The fraction of sp³-hybridized carbons (Fsp3) is 0.300. The van der Waals surface area contributed by atoms with Crippen LogP contribution < -0.4 is 4.74 Å². The molecule has 7 heteroatoms. The van der Waals surface area contributed by atoms with E-state index in [1.165, 1.54) is 0 Å². The van der Waals surface area contributed by atoms with E-state index in [-0.39, 0.29) is 31.0 Å². The molecule has 2 heterocycles. The molecule has 2 amide bonds. The molecule has 0 aliphatic carbocycles. The van der Waals surface area contributed by atoms with Crippen LogP contribution in [0.25, 0.3) is 0 Å². The maximum absolute atomic E-state index is 14.3. The van der Waals surface area contributed by atoms with Gasteiger partial charge >= 0.3 is 12.1 Å². The molecule has 2 fully saturated rings. The number of benzene rings is 3. The van der Waals surface area contributed by atoms with Gasteiger partial charge in [0.2, 0.25) is 5.91 Å². The number of amides is 2. The van der Waals surface area contributed by atoms with Gasteiger partial charge in [-0.15, -0.1) is 0 Å². The number of fused-ring (bicyclic) bond motifs is 2. The number of nitrogens with zero attached hydrogens (tertiary/aromatic N) is 2. The molecule has 2 saturated heterocycles. The summed E-state index contributed by atoms with van der Waals surface area (Å²) in [6, 6.07) is 27.0. The van der Waals surface area contributed by atoms with Crippen LogP contribution in [0.1, 0.15) is 30.4 Å². The average molecular weight is 499 g/mol. The van der Waals surface area contributed by atoms with E-state index in [0.29, 0.717) is 18.7 Å². The number of esters is 1. The van der Waals surface area contributed by atoms with E-state index in [1.54, 1.807) is 41.0 Å². The second kappa shape index (κ2) is 10.9. The Bertz CT molecular complexity index is 1200. The summed E-state index contributed by atoms with van der Waals surface area (Å²) in [6.45, 7) is 2.53. The molecule has 5 rings (SSSR count). The van der Waals surface area contributed by atoms with E-state index in [9.17, 15) is 14.4 Å². The fourth-order valence-electron chi connectivity index (χ4n) is 5.53. The standard InChI is InChI=1S/C30H30N2O5/c1-2-36-29(34)27-23-18-24(31(19-23)30(35)37-25-16-10-5-11-17-25)20-32(27)28(33)26(21-12-6-3-7-13-21)22-14-8-4-9-15-22/h3-17,23-24,26-27H,2,18-20H2,1H3/t23-,24+,27-/m1/s1. The molecule has 3 aromatic rings. The van der Waals surface area contributed by atoms with Crippen LogP contribution in [0.15, 0.2) is 91.0 Å². The Morgan fingerprint density at radius 1 is 0.811 bits per heavy atom. The third kappa shape index (κ3) is 5.07. The van der Waals surface area contributed by atoms with Gasteiger partial charge in [-0.25, -0.2) is 9.59 Å². The van der Waals surface area contributed by atoms with Crippen molar-refractivity contribution in [2.45, 2.75) is 31.3 Å². The van der Waals surface area contributed by atoms with E-state index >= 15 is 0 Å². The number of hydrogen-bond acceptors (Lipinski definition) is 5. The first kappa shape index (κ1) is 24.6. The minimum atomic E-state index is -0.770. The molecule has 0 saturated carbocycles. The van der Waals surface area contributed by atoms with Crippen molar-refractivity contribution in [3.63, 3.8) is 0 Å². The summed E-state index contributed by atoms with van der Waals surface area (Å²) < 4.78 is 11.0. The van der Waals surface area contributed by atoms with Crippen LogP contribution in [0.2, 0.25) is 0 Å². The quantitative estimate of drug-likeness (QED) is 0.469. The largest absolute Gasteiger partial charge is 0.464 e. The normalized spacial score (nSPS) is 20.5. The minimum absolute atomic E-state index is 0.177. The van der Waals surface area contributed by atoms with Crippen LogP contribution in [0.4, 0.5) is 4.79 Å². The first-order valence-corrected chi connectivity index (χ1v) is 12.7. The number of carbonyl (C=O) groups is 3. The molecule has 0 unspecified atom stereocenters. The average Bonchev–Trinajstić information content (AvgIpc) is 3.26. The summed E-state index contributed by atoms with van der Waals surface area (Å²) in [5.74, 6) is -0.975. The molecule has 0 spiro atoms. The predicted octanol–water partition coefficient (Wildman–Crippen LogP) is 4.48. The Hall–Kier alpha value is -4.13. The van der Waals surface area contributed by atoms with Crippen molar-refractivity contribution in [3.05, 3.63) is 102 Å². The highest BCUT2D eigenvalue weighted by Gasteiger charge is 2.52. The molecule has 2 aliphatic rings. The van der Waals surface area contributed by atoms with Crippen LogP contribution in [-0.4, -0.2) is 59.5 Å². The van der Waals surface area contributed by atoms with Crippen LogP contribution in [-0.2, 0) is 14.3 Å². The van der Waals surface area contributed by atoms with Gasteiger partial charge < -0.3 is 19.3 Å². The molecule has 3 aromatic carbocycles. The highest BCUT2D eigenvalue weighted by Crippen LogP contribution is 2.38. The molecular formula is C30H30N2O5. The van der Waals surface area contributed by atoms with Crippen molar-refractivity contribution in [1.82, 2.24) is 9.80 Å². The lowest BCUT2D eigenvalue weighted by Crippen LogP contribution is -2.56. The van der Waals surface area contributed by atoms with Crippen molar-refractivity contribution < 1.29 is 23.9 Å². The molecular weight excluding hydrogens is 468 g/mol. The van der Waals surface area contributed by atoms with Crippen molar-refractivity contribution in [2.75, 3.05) is 19.7 Å². The lowest BCUT2D eigenvalue weighted by Gasteiger charge is -2.40. The molecule has 37 heavy (non-hydrogen) atoms. The SMILES string of the molecule is CCOC(=O)[C@H]1[C@@H]2C[C@@H](CN1C(=O)C(c1ccccc1)c1ccccc1)N(C(=O)Oc1ccccc1)C2. The van der Waals surface area contributed by atoms with Gasteiger partial charge in [0.05, 0.1) is 18.6 Å². The van der Waals surface area contributed by atoms with E-state index < -0.39 is 24.0 Å². The lowest BCUT2D eigenvalue weighted by atomic mass is 9.85. The molecule has 0 N–H and O–H groups in total. The second-order valence-electron chi connectivity index (χ2n) is 9.42. The van der Waals surface area contributed by atoms with Gasteiger partial charge in [0.15, 0.2) is 0 Å². The summed E-state index contributed by atoms with van der Waals surface area (Å²) in [4.78, 5) is 43.9.